The van der Waals surface area contributed by atoms with Crippen LogP contribution in [0.4, 0.5) is 34.1 Å². The molecule has 392 valence electrons. The zero-order valence-electron chi connectivity index (χ0n) is 49.3. The van der Waals surface area contributed by atoms with Gasteiger partial charge in [-0.2, -0.15) is 0 Å². The van der Waals surface area contributed by atoms with Crippen molar-refractivity contribution in [1.29, 1.82) is 0 Å². The average molecular weight is 1010 g/mol. The predicted molar refractivity (Wildman–Crippen MR) is 331 cm³/mol. The van der Waals surface area contributed by atoms with E-state index in [1.807, 2.05) is 0 Å². The molecule has 0 saturated carbocycles. The lowest BCUT2D eigenvalue weighted by Gasteiger charge is -2.45. The van der Waals surface area contributed by atoms with E-state index in [0.29, 0.717) is 0 Å². The van der Waals surface area contributed by atoms with Crippen LogP contribution in [0.3, 0.4) is 0 Å². The van der Waals surface area contributed by atoms with Gasteiger partial charge in [0, 0.05) is 44.6 Å². The number of para-hydroxylation sites is 2. The van der Waals surface area contributed by atoms with Crippen molar-refractivity contribution in [2.24, 2.45) is 0 Å². The molecule has 0 fully saturated rings. The Morgan fingerprint density at radius 2 is 0.922 bits per heavy atom. The topological polar surface area (TPSA) is 24.6 Å². The first-order chi connectivity index (χ1) is 36.0. The van der Waals surface area contributed by atoms with Crippen molar-refractivity contribution in [3.8, 4) is 5.69 Å². The summed E-state index contributed by atoms with van der Waals surface area (Å²) in [4.78, 5) is 5.33. The number of nitrogens with zero attached hydrogens (tertiary/aromatic N) is 3. The third-order valence-corrected chi connectivity index (χ3v) is 19.3. The van der Waals surface area contributed by atoms with Crippen molar-refractivity contribution in [1.82, 2.24) is 4.57 Å². The molecule has 2 aromatic heterocycles. The van der Waals surface area contributed by atoms with Gasteiger partial charge in [0.05, 0.1) is 28.1 Å². The third-order valence-electron chi connectivity index (χ3n) is 19.3. The Balaban J connectivity index is 1.23. The smallest absolute Gasteiger partial charge is 0.297 e. The number of furan rings is 1. The standard InChI is InChI=1S/C72H80BN3O/c1-66(2,3)43-26-29-56-59(37-43)75(47-35-44(67(4,5)6)34-45(36-47)68(7,8)9)60-39-48(74-57-24-20-18-22-49(57)50-23-19-21-25-58(50)74)40-61-63(60)73(56)65-64(51-41-54-55(42-62(51)77-65)72(16,17)33-32-71(54,14)15)76(61)46-27-28-52-53(38-46)70(12,13)31-30-69(52,10)11/h18-29,34-42H,30-33H2,1-17H3. The van der Waals surface area contributed by atoms with Crippen LogP contribution >= 0.6 is 0 Å². The van der Waals surface area contributed by atoms with Gasteiger partial charge in [-0.1, -0.05) is 178 Å². The lowest BCUT2D eigenvalue weighted by molar-refractivity contribution is 0.332. The van der Waals surface area contributed by atoms with Crippen LogP contribution in [0.2, 0.25) is 0 Å². The van der Waals surface area contributed by atoms with E-state index in [9.17, 15) is 0 Å². The molecule has 4 aliphatic rings. The van der Waals surface area contributed by atoms with Gasteiger partial charge >= 0.3 is 0 Å². The minimum Gasteiger partial charge on any atom is -0.468 e. The second kappa shape index (κ2) is 16.1. The summed E-state index contributed by atoms with van der Waals surface area (Å²) < 4.78 is 10.3. The fraction of sp³-hybridized carbons (Fsp3) is 0.389. The fourth-order valence-corrected chi connectivity index (χ4v) is 14.2. The van der Waals surface area contributed by atoms with E-state index in [4.69, 9.17) is 4.42 Å². The monoisotopic (exact) mass is 1010 g/mol. The molecule has 0 N–H and O–H groups in total. The molecule has 7 aromatic carbocycles. The highest BCUT2D eigenvalue weighted by Crippen LogP contribution is 2.55. The van der Waals surface area contributed by atoms with E-state index in [0.717, 1.165) is 36.2 Å². The number of aromatic nitrogens is 1. The molecule has 4 heterocycles. The summed E-state index contributed by atoms with van der Waals surface area (Å²) in [6, 6.07) is 50.5. The van der Waals surface area contributed by atoms with E-state index < -0.39 is 0 Å². The highest BCUT2D eigenvalue weighted by molar-refractivity contribution is 7.00. The third kappa shape index (κ3) is 7.51. The van der Waals surface area contributed by atoms with Gasteiger partial charge in [0.15, 0.2) is 0 Å². The van der Waals surface area contributed by atoms with Crippen molar-refractivity contribution in [3.63, 3.8) is 0 Å². The van der Waals surface area contributed by atoms with Gasteiger partial charge in [0.25, 0.3) is 6.71 Å². The van der Waals surface area contributed by atoms with Crippen molar-refractivity contribution >= 4 is 90.2 Å². The number of anilines is 6. The minimum atomic E-state index is -0.190. The van der Waals surface area contributed by atoms with Crippen LogP contribution in [0.5, 0.6) is 0 Å². The lowest BCUT2D eigenvalue weighted by Crippen LogP contribution is -2.61. The summed E-state index contributed by atoms with van der Waals surface area (Å²) in [5.41, 5.74) is 24.8. The molecule has 0 spiro atoms. The Labute approximate surface area is 460 Å². The molecule has 0 saturated heterocycles. The fourth-order valence-electron chi connectivity index (χ4n) is 14.2. The molecular weight excluding hydrogens is 934 g/mol. The summed E-state index contributed by atoms with van der Waals surface area (Å²) in [6.07, 6.45) is 4.59. The van der Waals surface area contributed by atoms with Crippen molar-refractivity contribution < 1.29 is 4.42 Å². The van der Waals surface area contributed by atoms with Gasteiger partial charge < -0.3 is 18.8 Å². The van der Waals surface area contributed by atoms with Gasteiger partial charge in [0.2, 0.25) is 0 Å². The van der Waals surface area contributed by atoms with Gasteiger partial charge in [-0.15, -0.1) is 0 Å². The van der Waals surface area contributed by atoms with Gasteiger partial charge in [-0.3, -0.25) is 0 Å². The minimum absolute atomic E-state index is 0.00272. The summed E-state index contributed by atoms with van der Waals surface area (Å²) in [6.45, 7) is 40.7. The van der Waals surface area contributed by atoms with E-state index in [1.54, 1.807) is 0 Å². The SMILES string of the molecule is CC(C)(C)c1cc(N2c3cc(C(C)(C)C)ccc3B3c4oc5cc6c(cc5c4N(c4ccc5c(c4)C(C)(C)CCC5(C)C)c4cc(-n5c7ccccc7c7ccccc75)cc2c43)C(C)(C)CCC6(C)C)cc(C(C)(C)C)c1. The number of hydrogen-bond donors (Lipinski definition) is 0. The molecule has 4 nitrogen and oxygen atoms in total. The molecule has 0 radical (unpaired) electrons. The number of fused-ring (bicyclic) bond motifs is 11. The maximum atomic E-state index is 7.78. The first-order valence-electron chi connectivity index (χ1n) is 28.9. The Kier molecular flexibility index (Phi) is 10.5. The maximum absolute atomic E-state index is 7.78. The Morgan fingerprint density at radius 3 is 1.48 bits per heavy atom. The molecule has 0 unspecified atom stereocenters. The Morgan fingerprint density at radius 1 is 0.416 bits per heavy atom. The summed E-state index contributed by atoms with van der Waals surface area (Å²) in [5, 5.41) is 3.71. The van der Waals surface area contributed by atoms with Gasteiger partial charge in [0.1, 0.15) is 5.58 Å². The van der Waals surface area contributed by atoms with E-state index >= 15 is 0 Å². The van der Waals surface area contributed by atoms with Crippen LogP contribution in [-0.4, -0.2) is 11.3 Å². The average Bonchev–Trinajstić information content (AvgIpc) is 4.08. The van der Waals surface area contributed by atoms with Gasteiger partial charge in [-0.25, -0.2) is 0 Å². The quantitative estimate of drug-likeness (QED) is 0.165. The molecular formula is C72H80BN3O. The van der Waals surface area contributed by atoms with Crippen molar-refractivity contribution in [2.45, 2.75) is 181 Å². The molecule has 0 atom stereocenters. The second-order valence-electron chi connectivity index (χ2n) is 29.6. The van der Waals surface area contributed by atoms with Crippen LogP contribution < -0.4 is 26.4 Å². The number of rotatable bonds is 3. The first-order valence-corrected chi connectivity index (χ1v) is 28.9. The van der Waals surface area contributed by atoms with Crippen molar-refractivity contribution in [3.05, 3.63) is 166 Å². The zero-order valence-corrected chi connectivity index (χ0v) is 49.3. The van der Waals surface area contributed by atoms with E-state index in [-0.39, 0.29) is 44.6 Å². The normalized spacial score (nSPS) is 18.1. The summed E-state index contributed by atoms with van der Waals surface area (Å²) >= 11 is 0. The number of hydrogen-bond acceptors (Lipinski definition) is 3. The van der Waals surface area contributed by atoms with E-state index in [2.05, 4.69) is 259 Å². The van der Waals surface area contributed by atoms with Crippen LogP contribution in [-0.2, 0) is 37.9 Å². The first kappa shape index (κ1) is 50.1. The van der Waals surface area contributed by atoms with Gasteiger partial charge in [-0.05, 0) is 180 Å². The van der Waals surface area contributed by atoms with Crippen LogP contribution in [0.1, 0.15) is 182 Å². The molecule has 5 heteroatoms. The molecule has 0 amide bonds. The molecule has 77 heavy (non-hydrogen) atoms. The molecule has 13 rings (SSSR count). The number of benzene rings is 7. The van der Waals surface area contributed by atoms with Crippen LogP contribution in [0.15, 0.2) is 132 Å². The Hall–Kier alpha value is -6.46. The second-order valence-corrected chi connectivity index (χ2v) is 29.6. The molecule has 9 aromatic rings. The molecule has 2 aliphatic carbocycles. The predicted octanol–water partition coefficient (Wildman–Crippen LogP) is 18.2. The summed E-state index contributed by atoms with van der Waals surface area (Å²) in [7, 11) is 0. The highest BCUT2D eigenvalue weighted by Gasteiger charge is 2.49. The van der Waals surface area contributed by atoms with Crippen LogP contribution in [0, 0.1) is 0 Å². The summed E-state index contributed by atoms with van der Waals surface area (Å²) in [5.74, 6) is 0. The molecule has 0 bridgehead atoms. The largest absolute Gasteiger partial charge is 0.468 e. The zero-order chi connectivity index (χ0) is 54.5. The molecule has 2 aliphatic heterocycles. The van der Waals surface area contributed by atoms with Crippen LogP contribution in [0.25, 0.3) is 38.5 Å². The Bertz CT molecular complexity index is 3880. The van der Waals surface area contributed by atoms with E-state index in [1.165, 1.54) is 118 Å². The lowest BCUT2D eigenvalue weighted by atomic mass is 9.35. The highest BCUT2D eigenvalue weighted by atomic mass is 16.3. The van der Waals surface area contributed by atoms with Crippen molar-refractivity contribution in [2.75, 3.05) is 9.80 Å². The maximum Gasteiger partial charge on any atom is 0.297 e.